The zero-order valence-electron chi connectivity index (χ0n) is 9.18. The number of carboxylic acids is 1. The molecule has 0 aromatic heterocycles. The third-order valence-electron chi connectivity index (χ3n) is 1.89. The maximum absolute atomic E-state index is 11.4. The molecular weight excluding hydrogens is 262 g/mol. The Balaban J connectivity index is 3.40. The first-order valence-electron chi connectivity index (χ1n) is 5.03. The molecule has 0 aliphatic rings. The monoisotopic (exact) mass is 279 g/mol. The summed E-state index contributed by atoms with van der Waals surface area (Å²) in [6.45, 7) is 4.17. The average Bonchev–Trinajstić information content (AvgIpc) is 2.08. The van der Waals surface area contributed by atoms with E-state index >= 15 is 0 Å². The van der Waals surface area contributed by atoms with Crippen LogP contribution in [-0.2, 0) is 9.59 Å². The van der Waals surface area contributed by atoms with Crippen molar-refractivity contribution in [3.05, 3.63) is 0 Å². The molecule has 0 aliphatic carbocycles. The first kappa shape index (κ1) is 14.4. The van der Waals surface area contributed by atoms with Crippen LogP contribution in [0.2, 0.25) is 0 Å². The molecule has 1 amide bonds. The summed E-state index contributed by atoms with van der Waals surface area (Å²) in [5.41, 5.74) is 0. The van der Waals surface area contributed by atoms with E-state index in [4.69, 9.17) is 5.11 Å². The van der Waals surface area contributed by atoms with Crippen molar-refractivity contribution in [2.45, 2.75) is 43.9 Å². The Morgan fingerprint density at radius 3 is 2.33 bits per heavy atom. The van der Waals surface area contributed by atoms with E-state index in [1.165, 1.54) is 0 Å². The number of hydrogen-bond acceptors (Lipinski definition) is 2. The van der Waals surface area contributed by atoms with Gasteiger partial charge in [0.25, 0.3) is 0 Å². The molecule has 0 heterocycles. The minimum Gasteiger partial charge on any atom is -0.481 e. The molecule has 0 saturated heterocycles. The van der Waals surface area contributed by atoms with Crippen molar-refractivity contribution in [3.63, 3.8) is 0 Å². The SMILES string of the molecule is CC(C)(Br)C(=O)NCCCCCC(=O)O. The van der Waals surface area contributed by atoms with Crippen LogP contribution in [0.1, 0.15) is 39.5 Å². The Labute approximate surface area is 98.6 Å². The minimum absolute atomic E-state index is 0.0410. The number of rotatable bonds is 7. The average molecular weight is 280 g/mol. The molecule has 0 fully saturated rings. The normalized spacial score (nSPS) is 11.1. The molecule has 15 heavy (non-hydrogen) atoms. The number of alkyl halides is 1. The van der Waals surface area contributed by atoms with Crippen molar-refractivity contribution >= 4 is 27.8 Å². The van der Waals surface area contributed by atoms with E-state index in [0.717, 1.165) is 12.8 Å². The Hall–Kier alpha value is -0.580. The molecule has 0 rings (SSSR count). The molecule has 5 heteroatoms. The van der Waals surface area contributed by atoms with Gasteiger partial charge in [-0.25, -0.2) is 0 Å². The van der Waals surface area contributed by atoms with Gasteiger partial charge < -0.3 is 10.4 Å². The second-order valence-electron chi connectivity index (χ2n) is 3.93. The van der Waals surface area contributed by atoms with Crippen LogP contribution < -0.4 is 5.32 Å². The quantitative estimate of drug-likeness (QED) is 0.553. The Morgan fingerprint density at radius 2 is 1.87 bits per heavy atom. The summed E-state index contributed by atoms with van der Waals surface area (Å²) < 4.78 is -0.534. The van der Waals surface area contributed by atoms with Crippen molar-refractivity contribution < 1.29 is 14.7 Å². The molecule has 0 aromatic rings. The third kappa shape index (κ3) is 8.42. The number of hydrogen-bond donors (Lipinski definition) is 2. The smallest absolute Gasteiger partial charge is 0.303 e. The number of nitrogens with one attached hydrogen (secondary N) is 1. The summed E-state index contributed by atoms with van der Waals surface area (Å²) in [5.74, 6) is -0.804. The highest BCUT2D eigenvalue weighted by Gasteiger charge is 2.22. The summed E-state index contributed by atoms with van der Waals surface area (Å²) in [6.07, 6.45) is 2.53. The van der Waals surface area contributed by atoms with Crippen LogP contribution >= 0.6 is 15.9 Å². The molecule has 0 saturated carbocycles. The van der Waals surface area contributed by atoms with E-state index in [-0.39, 0.29) is 12.3 Å². The highest BCUT2D eigenvalue weighted by molar-refractivity contribution is 9.10. The van der Waals surface area contributed by atoms with E-state index in [2.05, 4.69) is 21.2 Å². The molecule has 0 unspecified atom stereocenters. The molecule has 0 aromatic carbocycles. The number of aliphatic carboxylic acids is 1. The van der Waals surface area contributed by atoms with Crippen LogP contribution in [0.25, 0.3) is 0 Å². The predicted octanol–water partition coefficient (Wildman–Crippen LogP) is 1.92. The fourth-order valence-electron chi connectivity index (χ4n) is 0.990. The van der Waals surface area contributed by atoms with Crippen LogP contribution in [0.4, 0.5) is 0 Å². The molecule has 0 bridgehead atoms. The van der Waals surface area contributed by atoms with Gasteiger partial charge in [-0.3, -0.25) is 9.59 Å². The number of amides is 1. The standard InChI is InChI=1S/C10H18BrNO3/c1-10(2,11)9(15)12-7-5-3-4-6-8(13)14/h3-7H2,1-2H3,(H,12,15)(H,13,14). The number of carbonyl (C=O) groups is 2. The summed E-state index contributed by atoms with van der Waals surface area (Å²) >= 11 is 3.26. The van der Waals surface area contributed by atoms with Gasteiger partial charge in [-0.2, -0.15) is 0 Å². The largest absolute Gasteiger partial charge is 0.481 e. The van der Waals surface area contributed by atoms with Gasteiger partial charge >= 0.3 is 5.97 Å². The van der Waals surface area contributed by atoms with E-state index in [1.54, 1.807) is 13.8 Å². The van der Waals surface area contributed by atoms with Crippen molar-refractivity contribution in [1.29, 1.82) is 0 Å². The lowest BCUT2D eigenvalue weighted by molar-refractivity contribution is -0.137. The Bertz CT molecular complexity index is 223. The zero-order chi connectivity index (χ0) is 11.9. The summed E-state index contributed by atoms with van der Waals surface area (Å²) in [5, 5.41) is 11.2. The van der Waals surface area contributed by atoms with Crippen LogP contribution in [0, 0.1) is 0 Å². The molecule has 0 atom stereocenters. The molecule has 0 radical (unpaired) electrons. The number of carbonyl (C=O) groups excluding carboxylic acids is 1. The third-order valence-corrected chi connectivity index (χ3v) is 2.25. The number of unbranched alkanes of at least 4 members (excludes halogenated alkanes) is 2. The molecular formula is C10H18BrNO3. The lowest BCUT2D eigenvalue weighted by atomic mass is 10.2. The summed E-state index contributed by atoms with van der Waals surface area (Å²) in [7, 11) is 0. The minimum atomic E-state index is -0.763. The predicted molar refractivity (Wildman–Crippen MR) is 62.1 cm³/mol. The number of halogens is 1. The fourth-order valence-corrected chi connectivity index (χ4v) is 1.13. The molecule has 88 valence electrons. The summed E-state index contributed by atoms with van der Waals surface area (Å²) in [4.78, 5) is 21.5. The van der Waals surface area contributed by atoms with Gasteiger partial charge in [-0.1, -0.05) is 22.4 Å². The van der Waals surface area contributed by atoms with Gasteiger partial charge in [-0.15, -0.1) is 0 Å². The van der Waals surface area contributed by atoms with Crippen LogP contribution in [0.3, 0.4) is 0 Å². The number of carboxylic acid groups (broad SMARTS) is 1. The van der Waals surface area contributed by atoms with Crippen molar-refractivity contribution in [2.75, 3.05) is 6.54 Å². The molecule has 2 N–H and O–H groups in total. The van der Waals surface area contributed by atoms with Crippen molar-refractivity contribution in [2.24, 2.45) is 0 Å². The highest BCUT2D eigenvalue weighted by Crippen LogP contribution is 2.15. The van der Waals surface area contributed by atoms with Gasteiger partial charge in [0.05, 0.1) is 4.32 Å². The van der Waals surface area contributed by atoms with Gasteiger partial charge in [0.15, 0.2) is 0 Å². The Kier molecular flexibility index (Phi) is 6.56. The molecule has 0 aliphatic heterocycles. The van der Waals surface area contributed by atoms with Crippen LogP contribution in [0.15, 0.2) is 0 Å². The van der Waals surface area contributed by atoms with Crippen LogP contribution in [-0.4, -0.2) is 27.9 Å². The highest BCUT2D eigenvalue weighted by atomic mass is 79.9. The fraction of sp³-hybridized carbons (Fsp3) is 0.800. The maximum atomic E-state index is 11.4. The molecule has 4 nitrogen and oxygen atoms in total. The topological polar surface area (TPSA) is 66.4 Å². The van der Waals surface area contributed by atoms with Gasteiger partial charge in [0.1, 0.15) is 0 Å². The zero-order valence-corrected chi connectivity index (χ0v) is 10.8. The van der Waals surface area contributed by atoms with E-state index in [0.29, 0.717) is 13.0 Å². The van der Waals surface area contributed by atoms with Crippen molar-refractivity contribution in [1.82, 2.24) is 5.32 Å². The maximum Gasteiger partial charge on any atom is 0.303 e. The lowest BCUT2D eigenvalue weighted by Crippen LogP contribution is -2.37. The van der Waals surface area contributed by atoms with Gasteiger partial charge in [0.2, 0.25) is 5.91 Å². The first-order chi connectivity index (χ1) is 6.84. The first-order valence-corrected chi connectivity index (χ1v) is 5.82. The van der Waals surface area contributed by atoms with Gasteiger partial charge in [-0.05, 0) is 26.7 Å². The van der Waals surface area contributed by atoms with E-state index in [1.807, 2.05) is 0 Å². The lowest BCUT2D eigenvalue weighted by Gasteiger charge is -2.15. The second kappa shape index (κ2) is 6.82. The van der Waals surface area contributed by atoms with Crippen molar-refractivity contribution in [3.8, 4) is 0 Å². The Morgan fingerprint density at radius 1 is 1.27 bits per heavy atom. The van der Waals surface area contributed by atoms with Gasteiger partial charge in [0, 0.05) is 13.0 Å². The van der Waals surface area contributed by atoms with Crippen LogP contribution in [0.5, 0.6) is 0 Å². The second-order valence-corrected chi connectivity index (χ2v) is 5.92. The van der Waals surface area contributed by atoms with E-state index in [9.17, 15) is 9.59 Å². The summed E-state index contributed by atoms with van der Waals surface area (Å²) in [6, 6.07) is 0. The molecule has 0 spiro atoms. The van der Waals surface area contributed by atoms with E-state index < -0.39 is 10.3 Å².